The Morgan fingerprint density at radius 1 is 0.457 bits per heavy atom. The lowest BCUT2D eigenvalue weighted by molar-refractivity contribution is 0.123. The maximum absolute atomic E-state index is 6.11. The van der Waals surface area contributed by atoms with Crippen molar-refractivity contribution < 1.29 is 4.74 Å². The van der Waals surface area contributed by atoms with Crippen LogP contribution in [0.2, 0.25) is 0 Å². The first-order valence-electron chi connectivity index (χ1n) is 14.1. The molecule has 0 amide bonds. The van der Waals surface area contributed by atoms with Gasteiger partial charge in [-0.15, -0.1) is 0 Å². The van der Waals surface area contributed by atoms with Crippen molar-refractivity contribution >= 4 is 31.9 Å². The van der Waals surface area contributed by atoms with Gasteiger partial charge in [0.05, 0.1) is 0 Å². The average Bonchev–Trinajstić information content (AvgIpc) is 2.91. The Morgan fingerprint density at radius 2 is 0.829 bits per heavy atom. The number of alkyl halides is 2. The van der Waals surface area contributed by atoms with Crippen molar-refractivity contribution in [3.05, 3.63) is 71.8 Å². The molecule has 2 atom stereocenters. The zero-order valence-corrected chi connectivity index (χ0v) is 25.0. The second kappa shape index (κ2) is 21.4. The van der Waals surface area contributed by atoms with Gasteiger partial charge in [0, 0.05) is 23.9 Å². The molecule has 2 aromatic carbocycles. The van der Waals surface area contributed by atoms with Crippen LogP contribution in [0.15, 0.2) is 60.7 Å². The van der Waals surface area contributed by atoms with Crippen molar-refractivity contribution in [2.45, 2.75) is 102 Å². The fourth-order valence-electron chi connectivity index (χ4n) is 5.05. The second-order valence-corrected chi connectivity index (χ2v) is 11.5. The maximum Gasteiger partial charge on any atom is 0.0466 e. The van der Waals surface area contributed by atoms with Crippen LogP contribution in [0, 0.1) is 0 Å². The standard InChI is InChI=1S/C32H48Br2O/c33-25-13-3-1-7-17-31(29-19-9-5-10-20-29)23-15-27-35-28-16-24-32(18-8-2-4-14-26-34)30-21-11-6-12-22-30/h5-6,9-12,19-22,31-32H,1-4,7-8,13-18,23-28H2. The van der Waals surface area contributed by atoms with Crippen LogP contribution in [-0.2, 0) is 4.74 Å². The highest BCUT2D eigenvalue weighted by Gasteiger charge is 2.12. The van der Waals surface area contributed by atoms with Crippen molar-refractivity contribution in [1.29, 1.82) is 0 Å². The molecular weight excluding hydrogens is 560 g/mol. The van der Waals surface area contributed by atoms with E-state index in [1.165, 1.54) is 88.2 Å². The van der Waals surface area contributed by atoms with Crippen molar-refractivity contribution in [2.24, 2.45) is 0 Å². The lowest BCUT2D eigenvalue weighted by atomic mass is 9.89. The summed E-state index contributed by atoms with van der Waals surface area (Å²) in [5.74, 6) is 1.35. The highest BCUT2D eigenvalue weighted by atomic mass is 79.9. The van der Waals surface area contributed by atoms with Gasteiger partial charge in [0.25, 0.3) is 0 Å². The quantitative estimate of drug-likeness (QED) is 0.0955. The molecule has 0 spiro atoms. The van der Waals surface area contributed by atoms with E-state index in [2.05, 4.69) is 92.5 Å². The molecule has 2 rings (SSSR count). The van der Waals surface area contributed by atoms with E-state index in [-0.39, 0.29) is 0 Å². The number of halogens is 2. The summed E-state index contributed by atoms with van der Waals surface area (Å²) in [6, 6.07) is 22.3. The van der Waals surface area contributed by atoms with Gasteiger partial charge in [-0.3, -0.25) is 0 Å². The molecule has 2 aromatic rings. The van der Waals surface area contributed by atoms with Crippen LogP contribution < -0.4 is 0 Å². The molecule has 0 aliphatic carbocycles. The topological polar surface area (TPSA) is 9.23 Å². The number of hydrogen-bond acceptors (Lipinski definition) is 1. The number of rotatable bonds is 22. The van der Waals surface area contributed by atoms with E-state index in [0.29, 0.717) is 11.8 Å². The van der Waals surface area contributed by atoms with Gasteiger partial charge in [0.1, 0.15) is 0 Å². The lowest BCUT2D eigenvalue weighted by Crippen LogP contribution is -2.05. The predicted molar refractivity (Wildman–Crippen MR) is 161 cm³/mol. The minimum atomic E-state index is 0.677. The average molecular weight is 609 g/mol. The van der Waals surface area contributed by atoms with E-state index in [9.17, 15) is 0 Å². The number of hydrogen-bond donors (Lipinski definition) is 0. The first kappa shape index (κ1) is 30.6. The summed E-state index contributed by atoms with van der Waals surface area (Å²) in [4.78, 5) is 0. The van der Waals surface area contributed by atoms with E-state index >= 15 is 0 Å². The molecule has 0 aliphatic heterocycles. The molecule has 2 unspecified atom stereocenters. The monoisotopic (exact) mass is 606 g/mol. The van der Waals surface area contributed by atoms with Crippen LogP contribution >= 0.6 is 31.9 Å². The molecular formula is C32H48Br2O. The molecule has 1 nitrogen and oxygen atoms in total. The summed E-state index contributed by atoms with van der Waals surface area (Å²) in [6.45, 7) is 1.80. The Hall–Kier alpha value is -0.640. The number of ether oxygens (including phenoxy) is 1. The number of unbranched alkanes of at least 4 members (excludes halogenated alkanes) is 6. The summed E-state index contributed by atoms with van der Waals surface area (Å²) in [5, 5.41) is 2.27. The first-order chi connectivity index (χ1) is 17.3. The molecule has 0 heterocycles. The third-order valence-corrected chi connectivity index (χ3v) is 8.22. The second-order valence-electron chi connectivity index (χ2n) is 9.90. The zero-order chi connectivity index (χ0) is 24.8. The van der Waals surface area contributed by atoms with E-state index in [1.54, 1.807) is 0 Å². The lowest BCUT2D eigenvalue weighted by Gasteiger charge is -2.18. The van der Waals surface area contributed by atoms with Crippen molar-refractivity contribution in [2.75, 3.05) is 23.9 Å². The maximum atomic E-state index is 6.11. The molecule has 35 heavy (non-hydrogen) atoms. The molecule has 0 N–H and O–H groups in total. The third kappa shape index (κ3) is 14.6. The fraction of sp³-hybridized carbons (Fsp3) is 0.625. The molecule has 0 bridgehead atoms. The molecule has 3 heteroatoms. The molecule has 0 saturated carbocycles. The van der Waals surface area contributed by atoms with E-state index in [4.69, 9.17) is 4.74 Å². The summed E-state index contributed by atoms with van der Waals surface area (Å²) in [5.41, 5.74) is 3.02. The summed E-state index contributed by atoms with van der Waals surface area (Å²) < 4.78 is 6.11. The van der Waals surface area contributed by atoms with Gasteiger partial charge in [-0.1, -0.05) is 131 Å². The minimum Gasteiger partial charge on any atom is -0.381 e. The molecule has 0 aliphatic rings. The van der Waals surface area contributed by atoms with Crippen LogP contribution in [0.25, 0.3) is 0 Å². The molecule has 0 fully saturated rings. The molecule has 0 saturated heterocycles. The summed E-state index contributed by atoms with van der Waals surface area (Å²) >= 11 is 7.10. The Kier molecular flexibility index (Phi) is 18.7. The van der Waals surface area contributed by atoms with Crippen LogP contribution in [-0.4, -0.2) is 23.9 Å². The largest absolute Gasteiger partial charge is 0.381 e. The SMILES string of the molecule is BrCCCCCCC(CCCOCCCC(CCCCCCBr)c1ccccc1)c1ccccc1. The van der Waals surface area contributed by atoms with Crippen LogP contribution in [0.1, 0.15) is 113 Å². The van der Waals surface area contributed by atoms with Crippen LogP contribution in [0.5, 0.6) is 0 Å². The van der Waals surface area contributed by atoms with Gasteiger partial charge < -0.3 is 4.74 Å². The normalized spacial score (nSPS) is 13.1. The van der Waals surface area contributed by atoms with Crippen molar-refractivity contribution in [3.63, 3.8) is 0 Å². The fourth-order valence-corrected chi connectivity index (χ4v) is 5.84. The molecule has 0 aromatic heterocycles. The molecule has 0 radical (unpaired) electrons. The van der Waals surface area contributed by atoms with E-state index in [1.807, 2.05) is 0 Å². The highest BCUT2D eigenvalue weighted by Crippen LogP contribution is 2.29. The molecule has 196 valence electrons. The van der Waals surface area contributed by atoms with Crippen molar-refractivity contribution in [1.82, 2.24) is 0 Å². The van der Waals surface area contributed by atoms with Crippen LogP contribution in [0.3, 0.4) is 0 Å². The van der Waals surface area contributed by atoms with Gasteiger partial charge in [0.15, 0.2) is 0 Å². The Bertz CT molecular complexity index is 645. The van der Waals surface area contributed by atoms with Crippen molar-refractivity contribution in [3.8, 4) is 0 Å². The highest BCUT2D eigenvalue weighted by molar-refractivity contribution is 9.09. The van der Waals surface area contributed by atoms with Gasteiger partial charge in [0.2, 0.25) is 0 Å². The van der Waals surface area contributed by atoms with Gasteiger partial charge >= 0.3 is 0 Å². The van der Waals surface area contributed by atoms with E-state index in [0.717, 1.165) is 36.7 Å². The Morgan fingerprint density at radius 3 is 1.23 bits per heavy atom. The summed E-state index contributed by atoms with van der Waals surface area (Å²) in [6.07, 6.45) is 18.1. The first-order valence-corrected chi connectivity index (χ1v) is 16.4. The smallest absolute Gasteiger partial charge is 0.0466 e. The zero-order valence-electron chi connectivity index (χ0n) is 21.8. The Labute approximate surface area is 233 Å². The third-order valence-electron chi connectivity index (χ3n) is 7.10. The van der Waals surface area contributed by atoms with Gasteiger partial charge in [-0.2, -0.15) is 0 Å². The summed E-state index contributed by atoms with van der Waals surface area (Å²) in [7, 11) is 0. The van der Waals surface area contributed by atoms with Gasteiger partial charge in [-0.05, 0) is 74.3 Å². The van der Waals surface area contributed by atoms with E-state index < -0.39 is 0 Å². The predicted octanol–water partition coefficient (Wildman–Crippen LogP) is 10.8. The Balaban J connectivity index is 1.66. The van der Waals surface area contributed by atoms with Gasteiger partial charge in [-0.25, -0.2) is 0 Å². The minimum absolute atomic E-state index is 0.677. The van der Waals surface area contributed by atoms with Crippen LogP contribution in [0.4, 0.5) is 0 Å². The number of benzene rings is 2.